The number of hydrogen-bond acceptors (Lipinski definition) is 1. The van der Waals surface area contributed by atoms with Crippen molar-refractivity contribution < 1.29 is 0 Å². The molecule has 0 N–H and O–H groups in total. The van der Waals surface area contributed by atoms with Gasteiger partial charge in [0.1, 0.15) is 0 Å². The van der Waals surface area contributed by atoms with Gasteiger partial charge in [0.2, 0.25) is 0 Å². The van der Waals surface area contributed by atoms with Crippen molar-refractivity contribution in [3.8, 4) is 0 Å². The molecule has 0 nitrogen and oxygen atoms in total. The van der Waals surface area contributed by atoms with Crippen LogP contribution in [0.1, 0.15) is 75.3 Å². The molecule has 0 spiro atoms. The summed E-state index contributed by atoms with van der Waals surface area (Å²) in [5.74, 6) is 0. The molecule has 0 unspecified atom stereocenters. The van der Waals surface area contributed by atoms with E-state index >= 15 is 0 Å². The Morgan fingerprint density at radius 1 is 0.778 bits per heavy atom. The normalized spacial score (nSPS) is 11.1. The SMILES string of the molecule is CCCCc1s[c]([Ge])c(CCCC)c1CCCC. The van der Waals surface area contributed by atoms with E-state index in [9.17, 15) is 0 Å². The Balaban J connectivity index is 2.86. The van der Waals surface area contributed by atoms with Crippen LogP contribution in [0.15, 0.2) is 0 Å². The first kappa shape index (κ1) is 16.3. The molecule has 0 aromatic carbocycles. The number of rotatable bonds is 9. The molecule has 0 aliphatic carbocycles. The average molecular weight is 324 g/mol. The number of unbranched alkanes of at least 4 members (excludes halogenated alkanes) is 3. The van der Waals surface area contributed by atoms with Gasteiger partial charge in [-0.15, -0.1) is 0 Å². The second-order valence-corrected chi connectivity index (χ2v) is 8.04. The van der Waals surface area contributed by atoms with E-state index in [4.69, 9.17) is 0 Å². The quantitative estimate of drug-likeness (QED) is 0.584. The van der Waals surface area contributed by atoms with Crippen molar-refractivity contribution in [2.24, 2.45) is 0 Å². The Kier molecular flexibility index (Phi) is 8.33. The third-order valence-corrected chi connectivity index (χ3v) is 5.94. The first-order chi connectivity index (χ1) is 8.74. The molecule has 0 aliphatic rings. The zero-order valence-corrected chi connectivity index (χ0v) is 15.2. The van der Waals surface area contributed by atoms with E-state index in [0.717, 1.165) is 0 Å². The maximum atomic E-state index is 2.33. The van der Waals surface area contributed by atoms with Crippen molar-refractivity contribution in [2.45, 2.75) is 78.6 Å². The molecule has 2 heteroatoms. The fraction of sp³-hybridized carbons (Fsp3) is 0.750. The van der Waals surface area contributed by atoms with Gasteiger partial charge in [-0.2, -0.15) is 0 Å². The van der Waals surface area contributed by atoms with E-state index < -0.39 is 0 Å². The second kappa shape index (κ2) is 9.20. The maximum absolute atomic E-state index is 2.33. The van der Waals surface area contributed by atoms with Gasteiger partial charge in [-0.05, 0) is 0 Å². The molecule has 0 fully saturated rings. The van der Waals surface area contributed by atoms with Crippen LogP contribution in [0, 0.1) is 0 Å². The molecule has 18 heavy (non-hydrogen) atoms. The Bertz CT molecular complexity index is 341. The molecule has 1 aromatic heterocycles. The van der Waals surface area contributed by atoms with E-state index in [0.29, 0.717) is 0 Å². The zero-order valence-electron chi connectivity index (χ0n) is 12.3. The third-order valence-electron chi connectivity index (χ3n) is 3.52. The van der Waals surface area contributed by atoms with Crippen molar-refractivity contribution in [1.29, 1.82) is 0 Å². The van der Waals surface area contributed by atoms with Gasteiger partial charge in [-0.3, -0.25) is 0 Å². The molecule has 0 saturated heterocycles. The predicted octanol–water partition coefficient (Wildman–Crippen LogP) is 4.57. The monoisotopic (exact) mass is 325 g/mol. The first-order valence-electron chi connectivity index (χ1n) is 7.59. The molecule has 0 saturated carbocycles. The minimum atomic E-state index is 1.31. The van der Waals surface area contributed by atoms with Crippen molar-refractivity contribution in [1.82, 2.24) is 0 Å². The topological polar surface area (TPSA) is 0 Å². The van der Waals surface area contributed by atoms with Crippen LogP contribution in [-0.4, -0.2) is 16.5 Å². The summed E-state index contributed by atoms with van der Waals surface area (Å²) in [5.41, 5.74) is 3.45. The van der Waals surface area contributed by atoms with Gasteiger partial charge in [-0.25, -0.2) is 0 Å². The summed E-state index contributed by atoms with van der Waals surface area (Å²) in [6, 6.07) is 0. The van der Waals surface area contributed by atoms with Crippen LogP contribution in [-0.2, 0) is 19.3 Å². The number of aryl methyl sites for hydroxylation is 1. The summed E-state index contributed by atoms with van der Waals surface area (Å²) < 4.78 is 1.60. The van der Waals surface area contributed by atoms with Crippen LogP contribution >= 0.6 is 11.3 Å². The summed E-state index contributed by atoms with van der Waals surface area (Å²) in [6.45, 7) is 6.90. The van der Waals surface area contributed by atoms with Crippen LogP contribution in [0.3, 0.4) is 0 Å². The standard InChI is InChI=1S/C16H27GeS/c1-4-7-10-13-14(11-8-5-2)16(17)18-15(13)12-9-6-3/h4-12H2,1-3H3. The van der Waals surface area contributed by atoms with Gasteiger partial charge < -0.3 is 0 Å². The number of hydrogen-bond donors (Lipinski definition) is 0. The van der Waals surface area contributed by atoms with Crippen LogP contribution in [0.4, 0.5) is 0 Å². The predicted molar refractivity (Wildman–Crippen MR) is 85.5 cm³/mol. The molecule has 0 atom stereocenters. The summed E-state index contributed by atoms with van der Waals surface area (Å²) in [5, 5.41) is 0. The Hall–Kier alpha value is 0.243. The van der Waals surface area contributed by atoms with Crippen molar-refractivity contribution in [3.05, 3.63) is 16.0 Å². The van der Waals surface area contributed by atoms with E-state index in [-0.39, 0.29) is 0 Å². The molecule has 1 heterocycles. The van der Waals surface area contributed by atoms with E-state index in [1.807, 2.05) is 0 Å². The molecule has 1 aromatic rings. The summed E-state index contributed by atoms with van der Waals surface area (Å²) in [4.78, 5) is 1.70. The molecule has 101 valence electrons. The first-order valence-corrected chi connectivity index (χ1v) is 9.46. The van der Waals surface area contributed by atoms with Gasteiger partial charge in [-0.1, -0.05) is 0 Å². The van der Waals surface area contributed by atoms with Gasteiger partial charge in [0.15, 0.2) is 0 Å². The van der Waals surface area contributed by atoms with E-state index in [1.54, 1.807) is 19.7 Å². The second-order valence-electron chi connectivity index (χ2n) is 5.12. The Morgan fingerprint density at radius 2 is 1.28 bits per heavy atom. The Labute approximate surface area is 126 Å². The Morgan fingerprint density at radius 3 is 1.83 bits per heavy atom. The van der Waals surface area contributed by atoms with Crippen molar-refractivity contribution in [2.75, 3.05) is 0 Å². The van der Waals surface area contributed by atoms with Crippen molar-refractivity contribution in [3.63, 3.8) is 0 Å². The number of thiophene rings is 1. The summed E-state index contributed by atoms with van der Waals surface area (Å²) >= 11 is 4.42. The summed E-state index contributed by atoms with van der Waals surface area (Å²) in [6.07, 6.45) is 11.9. The fourth-order valence-corrected chi connectivity index (χ4v) is 4.90. The van der Waals surface area contributed by atoms with Crippen LogP contribution < -0.4 is 3.71 Å². The molecule has 1 rings (SSSR count). The van der Waals surface area contributed by atoms with Crippen LogP contribution in [0.25, 0.3) is 0 Å². The average Bonchev–Trinajstić information content (AvgIpc) is 2.67. The molecule has 3 radical (unpaired) electrons. The van der Waals surface area contributed by atoms with Crippen molar-refractivity contribution >= 4 is 31.6 Å². The van der Waals surface area contributed by atoms with Gasteiger partial charge in [0.25, 0.3) is 0 Å². The third kappa shape index (κ3) is 4.73. The molecule has 0 aliphatic heterocycles. The summed E-state index contributed by atoms with van der Waals surface area (Å²) in [7, 11) is 0. The van der Waals surface area contributed by atoms with Gasteiger partial charge >= 0.3 is 126 Å². The van der Waals surface area contributed by atoms with Gasteiger partial charge in [0, 0.05) is 0 Å². The molecular weight excluding hydrogens is 297 g/mol. The van der Waals surface area contributed by atoms with E-state index in [2.05, 4.69) is 48.6 Å². The zero-order chi connectivity index (χ0) is 13.4. The van der Waals surface area contributed by atoms with Gasteiger partial charge in [0.05, 0.1) is 0 Å². The molecule has 0 bridgehead atoms. The fourth-order valence-electron chi connectivity index (χ4n) is 2.35. The van der Waals surface area contributed by atoms with E-state index in [1.165, 1.54) is 57.8 Å². The van der Waals surface area contributed by atoms with Crippen LogP contribution in [0.2, 0.25) is 0 Å². The van der Waals surface area contributed by atoms with Crippen LogP contribution in [0.5, 0.6) is 0 Å². The molecular formula is C16H27GeS. The molecule has 0 amide bonds. The minimum absolute atomic E-state index is 1.31.